The lowest BCUT2D eigenvalue weighted by atomic mass is 10.1. The Morgan fingerprint density at radius 1 is 0.639 bits per heavy atom. The van der Waals surface area contributed by atoms with E-state index in [1.54, 1.807) is 32.9 Å². The summed E-state index contributed by atoms with van der Waals surface area (Å²) in [5, 5.41) is 15.3. The summed E-state index contributed by atoms with van der Waals surface area (Å²) >= 11 is 8.08. The van der Waals surface area contributed by atoms with Crippen molar-refractivity contribution in [2.24, 2.45) is 0 Å². The van der Waals surface area contributed by atoms with Crippen molar-refractivity contribution in [3.8, 4) is 0 Å². The number of rotatable bonds is 22. The van der Waals surface area contributed by atoms with Crippen LogP contribution in [0.2, 0.25) is 0 Å². The third-order valence-electron chi connectivity index (χ3n) is 4.88. The van der Waals surface area contributed by atoms with Crippen LogP contribution in [-0.4, -0.2) is 38.2 Å². The van der Waals surface area contributed by atoms with Gasteiger partial charge in [0.25, 0.3) is 0 Å². The monoisotopic (exact) mass is 662 g/mol. The molecule has 0 saturated heterocycles. The highest BCUT2D eigenvalue weighted by atomic mass is 33.1. The largest absolute Gasteiger partial charge is 0.257 e. The zero-order valence-corrected chi connectivity index (χ0v) is 29.2. The average molecular weight is 663 g/mol. The molecule has 0 aliphatic carbocycles. The molecular formula is C23H42N4S9. The van der Waals surface area contributed by atoms with Crippen molar-refractivity contribution < 1.29 is 0 Å². The maximum absolute atomic E-state index is 4.82. The Hall–Kier alpha value is 1.44. The van der Waals surface area contributed by atoms with E-state index in [9.17, 15) is 0 Å². The molecule has 0 aliphatic heterocycles. The lowest BCUT2D eigenvalue weighted by Crippen LogP contribution is -1.81. The molecule has 13 heteroatoms. The van der Waals surface area contributed by atoms with Crippen LogP contribution in [0.25, 0.3) is 0 Å². The number of unbranched alkanes of at least 4 members (excludes halogenated alkanes) is 12. The average Bonchev–Trinajstić information content (AvgIpc) is 3.51. The quantitative estimate of drug-likeness (QED) is 0.0748. The molecule has 0 fully saturated rings. The Kier molecular flexibility index (Phi) is 26.3. The number of nitrogens with zero attached hydrogens (tertiary/aromatic N) is 3. The fourth-order valence-corrected chi connectivity index (χ4v) is 11.7. The minimum Gasteiger partial charge on any atom is -0.257 e. The molecule has 0 amide bonds. The molecule has 2 heterocycles. The van der Waals surface area contributed by atoms with E-state index in [-0.39, 0.29) is 0 Å². The molecule has 0 atom stereocenters. The fourth-order valence-electron chi connectivity index (χ4n) is 3.01. The Balaban J connectivity index is 0.000000600. The van der Waals surface area contributed by atoms with Crippen LogP contribution >= 0.6 is 99.7 Å². The van der Waals surface area contributed by atoms with Crippen LogP contribution in [-0.2, 0) is 0 Å². The second-order valence-electron chi connectivity index (χ2n) is 8.02. The van der Waals surface area contributed by atoms with Crippen molar-refractivity contribution in [2.75, 3.05) is 17.8 Å². The minimum absolute atomic E-state index is 0.742. The van der Waals surface area contributed by atoms with E-state index in [1.165, 1.54) is 113 Å². The molecule has 0 bridgehead atoms. The molecule has 0 aliphatic rings. The normalized spacial score (nSPS) is 11.0. The summed E-state index contributed by atoms with van der Waals surface area (Å²) in [6.07, 6.45) is 21.4. The summed E-state index contributed by atoms with van der Waals surface area (Å²) in [6.45, 7) is 4.56. The fraction of sp³-hybridized carbons (Fsp3) is 0.826. The number of hydrogen-bond acceptors (Lipinski definition) is 12. The van der Waals surface area contributed by atoms with Gasteiger partial charge >= 0.3 is 0 Å². The smallest absolute Gasteiger partial charge is 0.185 e. The van der Waals surface area contributed by atoms with Crippen LogP contribution in [0.4, 0.5) is 0 Å². The Morgan fingerprint density at radius 3 is 1.53 bits per heavy atom. The van der Waals surface area contributed by atoms with Gasteiger partial charge in [0.05, 0.1) is 0 Å². The second-order valence-corrected chi connectivity index (χ2v) is 18.6. The van der Waals surface area contributed by atoms with Crippen molar-refractivity contribution in [3.05, 3.63) is 3.95 Å². The number of aromatic amines is 1. The first kappa shape index (κ1) is 35.5. The van der Waals surface area contributed by atoms with Crippen molar-refractivity contribution in [2.45, 2.75) is 117 Å². The Morgan fingerprint density at radius 2 is 1.11 bits per heavy atom. The van der Waals surface area contributed by atoms with E-state index in [1.807, 2.05) is 49.4 Å². The molecule has 0 spiro atoms. The van der Waals surface area contributed by atoms with Crippen molar-refractivity contribution >= 4 is 99.7 Å². The number of aromatic nitrogens is 4. The molecule has 0 unspecified atom stereocenters. The van der Waals surface area contributed by atoms with E-state index in [0.29, 0.717) is 0 Å². The van der Waals surface area contributed by atoms with Crippen molar-refractivity contribution in [3.63, 3.8) is 0 Å². The SMILES string of the molecule is CCCCCCCCCSSc1nnc(SSCCCCCCCCC)s1.CSSc1n[nH]c(=S)s1. The van der Waals surface area contributed by atoms with E-state index in [0.717, 1.165) is 17.0 Å². The van der Waals surface area contributed by atoms with Gasteiger partial charge in [-0.3, -0.25) is 5.10 Å². The predicted octanol–water partition coefficient (Wildman–Crippen LogP) is 12.1. The van der Waals surface area contributed by atoms with Gasteiger partial charge < -0.3 is 0 Å². The van der Waals surface area contributed by atoms with Crippen LogP contribution in [0.1, 0.15) is 104 Å². The summed E-state index contributed by atoms with van der Waals surface area (Å²) in [5.74, 6) is 2.46. The summed E-state index contributed by atoms with van der Waals surface area (Å²) in [6, 6.07) is 0. The van der Waals surface area contributed by atoms with Crippen LogP contribution in [0.5, 0.6) is 0 Å². The third kappa shape index (κ3) is 21.3. The molecule has 0 aromatic carbocycles. The van der Waals surface area contributed by atoms with E-state index in [2.05, 4.69) is 34.2 Å². The van der Waals surface area contributed by atoms with Gasteiger partial charge in [-0.15, -0.1) is 10.2 Å². The zero-order chi connectivity index (χ0) is 26.1. The maximum atomic E-state index is 4.82. The lowest BCUT2D eigenvalue weighted by molar-refractivity contribution is 0.604. The molecule has 2 aromatic heterocycles. The topological polar surface area (TPSA) is 54.5 Å². The van der Waals surface area contributed by atoms with Gasteiger partial charge in [0.1, 0.15) is 0 Å². The summed E-state index contributed by atoms with van der Waals surface area (Å²) in [5.41, 5.74) is 0. The summed E-state index contributed by atoms with van der Waals surface area (Å²) in [7, 11) is 10.8. The van der Waals surface area contributed by atoms with Gasteiger partial charge in [-0.25, -0.2) is 0 Å². The van der Waals surface area contributed by atoms with Crippen LogP contribution in [0.15, 0.2) is 13.0 Å². The zero-order valence-electron chi connectivity index (χ0n) is 21.8. The van der Waals surface area contributed by atoms with Gasteiger partial charge in [0.2, 0.25) is 0 Å². The standard InChI is InChI=1S/C20H38N2S5.C3H4N2S4/c1-3-5-7-9-11-13-15-17-23-26-19-21-22-20(25-19)27-24-18-16-14-12-10-8-6-4-2;1-7-9-3-5-4-2(6)8-3/h3-18H2,1-2H3;1H3,(H,4,6). The summed E-state index contributed by atoms with van der Waals surface area (Å²) in [4.78, 5) is 0. The first-order chi connectivity index (χ1) is 17.7. The number of nitrogens with one attached hydrogen (secondary N) is 1. The molecule has 36 heavy (non-hydrogen) atoms. The minimum atomic E-state index is 0.742. The van der Waals surface area contributed by atoms with Gasteiger partial charge in [-0.1, -0.05) is 146 Å². The highest BCUT2D eigenvalue weighted by Gasteiger charge is 2.06. The first-order valence-electron chi connectivity index (χ1n) is 12.9. The first-order valence-corrected chi connectivity index (χ1v) is 22.1. The Bertz CT molecular complexity index is 745. The second kappa shape index (κ2) is 26.7. The van der Waals surface area contributed by atoms with Gasteiger partial charge in [0.15, 0.2) is 17.0 Å². The molecule has 0 saturated carbocycles. The number of hydrogen-bond donors (Lipinski definition) is 1. The van der Waals surface area contributed by atoms with Gasteiger partial charge in [-0.05, 0) is 63.7 Å². The van der Waals surface area contributed by atoms with E-state index in [4.69, 9.17) is 12.2 Å². The van der Waals surface area contributed by atoms with Crippen molar-refractivity contribution in [1.29, 1.82) is 0 Å². The van der Waals surface area contributed by atoms with Crippen LogP contribution in [0.3, 0.4) is 0 Å². The van der Waals surface area contributed by atoms with Gasteiger partial charge in [0, 0.05) is 11.5 Å². The van der Waals surface area contributed by atoms with Crippen LogP contribution in [0, 0.1) is 3.95 Å². The molecule has 208 valence electrons. The molecule has 0 radical (unpaired) electrons. The molecule has 2 aromatic rings. The van der Waals surface area contributed by atoms with Crippen molar-refractivity contribution in [1.82, 2.24) is 20.4 Å². The predicted molar refractivity (Wildman–Crippen MR) is 179 cm³/mol. The molecule has 1 N–H and O–H groups in total. The van der Waals surface area contributed by atoms with E-state index < -0.39 is 0 Å². The Labute approximate surface area is 256 Å². The van der Waals surface area contributed by atoms with Crippen LogP contribution < -0.4 is 0 Å². The third-order valence-corrected chi connectivity index (χ3v) is 14.4. The summed E-state index contributed by atoms with van der Waals surface area (Å²) < 4.78 is 3.96. The molecule has 2 rings (SSSR count). The molecular weight excluding hydrogens is 621 g/mol. The number of H-pyrrole nitrogens is 1. The lowest BCUT2D eigenvalue weighted by Gasteiger charge is -2.00. The molecule has 4 nitrogen and oxygen atoms in total. The highest BCUT2D eigenvalue weighted by molar-refractivity contribution is 8.78. The highest BCUT2D eigenvalue weighted by Crippen LogP contribution is 2.40. The van der Waals surface area contributed by atoms with E-state index >= 15 is 0 Å². The van der Waals surface area contributed by atoms with Gasteiger partial charge in [-0.2, -0.15) is 5.10 Å². The maximum Gasteiger partial charge on any atom is 0.185 e.